The molecule has 0 spiro atoms. The molecule has 4 N–H and O–H groups in total. The Balaban J connectivity index is 1.71. The molecule has 0 bridgehead atoms. The third kappa shape index (κ3) is 9.54. The number of nitrogens with one attached hydrogen (secondary N) is 3. The molecule has 7 heteroatoms. The minimum absolute atomic E-state index is 0.305. The summed E-state index contributed by atoms with van der Waals surface area (Å²) in [7, 11) is 0. The number of para-hydroxylation sites is 1. The summed E-state index contributed by atoms with van der Waals surface area (Å²) in [6.45, 7) is 1.50. The van der Waals surface area contributed by atoms with E-state index < -0.39 is 30.0 Å². The molecule has 2 amide bonds. The van der Waals surface area contributed by atoms with E-state index >= 15 is 0 Å². The zero-order chi connectivity index (χ0) is 26.5. The molecule has 0 saturated carbocycles. The first-order valence-electron chi connectivity index (χ1n) is 12.7. The topological polar surface area (TPSA) is 108 Å². The highest BCUT2D eigenvalue weighted by atomic mass is 16.4. The minimum Gasteiger partial charge on any atom is -0.480 e. The van der Waals surface area contributed by atoms with Crippen molar-refractivity contribution in [2.75, 3.05) is 5.32 Å². The van der Waals surface area contributed by atoms with E-state index in [1.807, 2.05) is 78.9 Å². The molecule has 0 aliphatic rings. The molecule has 3 aromatic carbocycles. The lowest BCUT2D eigenvalue weighted by atomic mass is 10.0. The fourth-order valence-corrected chi connectivity index (χ4v) is 4.07. The third-order valence-corrected chi connectivity index (χ3v) is 6.18. The molecule has 7 nitrogen and oxygen atoms in total. The molecule has 194 valence electrons. The third-order valence-electron chi connectivity index (χ3n) is 6.18. The van der Waals surface area contributed by atoms with Gasteiger partial charge in [0.25, 0.3) is 0 Å². The van der Waals surface area contributed by atoms with Crippen molar-refractivity contribution in [1.29, 1.82) is 0 Å². The summed E-state index contributed by atoms with van der Waals surface area (Å²) in [5.74, 6) is -1.74. The number of carbonyl (C=O) groups excluding carboxylic acids is 2. The maximum Gasteiger partial charge on any atom is 0.320 e. The van der Waals surface area contributed by atoms with Gasteiger partial charge < -0.3 is 15.7 Å². The van der Waals surface area contributed by atoms with Crippen molar-refractivity contribution < 1.29 is 19.5 Å². The zero-order valence-electron chi connectivity index (χ0n) is 21.1. The molecule has 3 atom stereocenters. The molecule has 0 fully saturated rings. The highest BCUT2D eigenvalue weighted by Gasteiger charge is 2.27. The second kappa shape index (κ2) is 14.6. The molecule has 0 radical (unpaired) electrons. The van der Waals surface area contributed by atoms with Gasteiger partial charge in [0.15, 0.2) is 0 Å². The Labute approximate surface area is 218 Å². The molecule has 0 aliphatic carbocycles. The first-order valence-corrected chi connectivity index (χ1v) is 12.7. The summed E-state index contributed by atoms with van der Waals surface area (Å²) in [6, 6.07) is 26.3. The van der Waals surface area contributed by atoms with Crippen LogP contribution < -0.4 is 16.0 Å². The molecule has 0 aromatic heterocycles. The number of amides is 2. The van der Waals surface area contributed by atoms with Crippen LogP contribution in [-0.4, -0.2) is 41.0 Å². The zero-order valence-corrected chi connectivity index (χ0v) is 21.1. The first-order chi connectivity index (χ1) is 17.9. The predicted molar refractivity (Wildman–Crippen MR) is 145 cm³/mol. The predicted octanol–water partition coefficient (Wildman–Crippen LogP) is 4.20. The van der Waals surface area contributed by atoms with Gasteiger partial charge in [0.2, 0.25) is 11.8 Å². The number of benzene rings is 3. The van der Waals surface area contributed by atoms with E-state index in [4.69, 9.17) is 0 Å². The quantitative estimate of drug-likeness (QED) is 0.265. The number of hydrogen-bond donors (Lipinski definition) is 4. The molecule has 37 heavy (non-hydrogen) atoms. The molecular weight excluding hydrogens is 466 g/mol. The van der Waals surface area contributed by atoms with Crippen molar-refractivity contribution in [1.82, 2.24) is 10.6 Å². The molecular formula is C30H35N3O4. The van der Waals surface area contributed by atoms with Gasteiger partial charge in [-0.3, -0.25) is 19.7 Å². The number of carboxylic acid groups (broad SMARTS) is 1. The summed E-state index contributed by atoms with van der Waals surface area (Å²) >= 11 is 0. The number of carboxylic acids is 1. The van der Waals surface area contributed by atoms with Gasteiger partial charge in [-0.15, -0.1) is 0 Å². The Kier molecular flexibility index (Phi) is 10.9. The van der Waals surface area contributed by atoms with Gasteiger partial charge in [-0.2, -0.15) is 0 Å². The molecule has 3 aromatic rings. The van der Waals surface area contributed by atoms with Crippen LogP contribution in [0.3, 0.4) is 0 Å². The fraction of sp³-hybridized carbons (Fsp3) is 0.300. The van der Waals surface area contributed by atoms with E-state index in [0.717, 1.165) is 17.5 Å². The molecule has 0 unspecified atom stereocenters. The normalized spacial score (nSPS) is 13.2. The van der Waals surface area contributed by atoms with Gasteiger partial charge in [-0.05, 0) is 62.3 Å². The van der Waals surface area contributed by atoms with Gasteiger partial charge in [0, 0.05) is 5.69 Å². The Morgan fingerprint density at radius 2 is 1.24 bits per heavy atom. The van der Waals surface area contributed by atoms with Crippen LogP contribution in [0.15, 0.2) is 91.0 Å². The number of anilines is 1. The molecule has 3 rings (SSSR count). The lowest BCUT2D eigenvalue weighted by Gasteiger charge is -2.25. The average molecular weight is 502 g/mol. The van der Waals surface area contributed by atoms with Gasteiger partial charge in [0.05, 0.1) is 6.04 Å². The van der Waals surface area contributed by atoms with Crippen LogP contribution >= 0.6 is 0 Å². The van der Waals surface area contributed by atoms with Crippen LogP contribution in [0.5, 0.6) is 0 Å². The Morgan fingerprint density at radius 1 is 0.703 bits per heavy atom. The van der Waals surface area contributed by atoms with Crippen molar-refractivity contribution in [2.24, 2.45) is 0 Å². The van der Waals surface area contributed by atoms with Crippen molar-refractivity contribution in [3.63, 3.8) is 0 Å². The number of hydrogen-bond acceptors (Lipinski definition) is 4. The number of rotatable bonds is 14. The van der Waals surface area contributed by atoms with Crippen molar-refractivity contribution in [3.8, 4) is 0 Å². The Hall–Kier alpha value is -3.97. The summed E-state index contributed by atoms with van der Waals surface area (Å²) in [5, 5.41) is 18.1. The summed E-state index contributed by atoms with van der Waals surface area (Å²) in [4.78, 5) is 38.0. The van der Waals surface area contributed by atoms with E-state index in [1.165, 1.54) is 6.92 Å². The van der Waals surface area contributed by atoms with Crippen molar-refractivity contribution in [3.05, 3.63) is 102 Å². The number of aliphatic carboxylic acids is 1. The lowest BCUT2D eigenvalue weighted by molar-refractivity contribution is -0.139. The van der Waals surface area contributed by atoms with E-state index in [2.05, 4.69) is 16.0 Å². The Bertz CT molecular complexity index is 1120. The van der Waals surface area contributed by atoms with E-state index in [9.17, 15) is 19.5 Å². The van der Waals surface area contributed by atoms with E-state index in [0.29, 0.717) is 31.4 Å². The van der Waals surface area contributed by atoms with E-state index in [1.54, 1.807) is 12.1 Å². The number of carbonyl (C=O) groups is 3. The lowest BCUT2D eigenvalue weighted by Crippen LogP contribution is -2.54. The maximum atomic E-state index is 13.4. The van der Waals surface area contributed by atoms with Crippen LogP contribution in [0.4, 0.5) is 5.69 Å². The van der Waals surface area contributed by atoms with Crippen molar-refractivity contribution >= 4 is 23.5 Å². The summed E-state index contributed by atoms with van der Waals surface area (Å²) in [6.07, 6.45) is 2.90. The van der Waals surface area contributed by atoms with E-state index in [-0.39, 0.29) is 5.91 Å². The molecule has 0 heterocycles. The van der Waals surface area contributed by atoms with Gasteiger partial charge in [-0.1, -0.05) is 78.9 Å². The van der Waals surface area contributed by atoms with Crippen molar-refractivity contribution in [2.45, 2.75) is 57.2 Å². The monoisotopic (exact) mass is 501 g/mol. The van der Waals surface area contributed by atoms with Crippen LogP contribution in [0.25, 0.3) is 0 Å². The van der Waals surface area contributed by atoms with Crippen LogP contribution in [0.2, 0.25) is 0 Å². The smallest absolute Gasteiger partial charge is 0.320 e. The summed E-state index contributed by atoms with van der Waals surface area (Å²) in [5.41, 5.74) is 2.85. The second-order valence-electron chi connectivity index (χ2n) is 9.10. The highest BCUT2D eigenvalue weighted by Crippen LogP contribution is 2.12. The Morgan fingerprint density at radius 3 is 1.81 bits per heavy atom. The highest BCUT2D eigenvalue weighted by molar-refractivity contribution is 5.97. The van der Waals surface area contributed by atoms with Gasteiger partial charge in [-0.25, -0.2) is 0 Å². The van der Waals surface area contributed by atoms with Crippen LogP contribution in [-0.2, 0) is 27.2 Å². The summed E-state index contributed by atoms with van der Waals surface area (Å²) < 4.78 is 0. The fourth-order valence-electron chi connectivity index (χ4n) is 4.07. The standard InChI is InChI=1S/C30H35N3O4/c1-22(30(36)37)31-27(21-20-24-14-7-3-8-15-24)29(35)33-26(19-11-16-23-12-5-2-6-13-23)28(34)32-25-17-9-4-10-18-25/h2-10,12-15,17-18,22,26-27,31H,11,16,19-21H2,1H3,(H,32,34)(H,33,35)(H,36,37)/t22-,26+,27+/m1/s1. The molecule has 0 saturated heterocycles. The average Bonchev–Trinajstić information content (AvgIpc) is 2.91. The largest absolute Gasteiger partial charge is 0.480 e. The second-order valence-corrected chi connectivity index (χ2v) is 9.10. The van der Waals surface area contributed by atoms with Crippen LogP contribution in [0, 0.1) is 0 Å². The molecule has 0 aliphatic heterocycles. The first kappa shape index (κ1) is 27.6. The maximum absolute atomic E-state index is 13.4. The van der Waals surface area contributed by atoms with Gasteiger partial charge >= 0.3 is 5.97 Å². The minimum atomic E-state index is -1.04. The SMILES string of the molecule is C[C@@H](N[C@@H](CCc1ccccc1)C(=O)N[C@@H](CCCc1ccccc1)C(=O)Nc1ccccc1)C(=O)O. The number of aryl methyl sites for hydroxylation is 2. The van der Waals surface area contributed by atoms with Crippen LogP contribution in [0.1, 0.15) is 37.3 Å². The van der Waals surface area contributed by atoms with Gasteiger partial charge in [0.1, 0.15) is 12.1 Å².